The molecule has 0 atom stereocenters. The van der Waals surface area contributed by atoms with Gasteiger partial charge >= 0.3 is 0 Å². The molecule has 1 aliphatic rings. The van der Waals surface area contributed by atoms with Crippen LogP contribution in [0.4, 0.5) is 0 Å². The van der Waals surface area contributed by atoms with E-state index in [1.54, 1.807) is 0 Å². The molecule has 0 radical (unpaired) electrons. The van der Waals surface area contributed by atoms with E-state index in [4.69, 9.17) is 0 Å². The molecule has 66 heavy (non-hydrogen) atoms. The Bertz CT molecular complexity index is 3610. The highest BCUT2D eigenvalue weighted by molar-refractivity contribution is 6.22. The lowest BCUT2D eigenvalue weighted by Gasteiger charge is -2.26. The molecule has 1 nitrogen and oxygen atoms in total. The monoisotopic (exact) mass is 839 g/mol. The van der Waals surface area contributed by atoms with Gasteiger partial charge in [-0.1, -0.05) is 212 Å². The number of allylic oxidation sites excluding steroid dienone is 4. The molecule has 0 unspecified atom stereocenters. The molecule has 0 spiro atoms. The van der Waals surface area contributed by atoms with E-state index in [-0.39, 0.29) is 0 Å². The Labute approximate surface area is 386 Å². The summed E-state index contributed by atoms with van der Waals surface area (Å²) >= 11 is 0. The Kier molecular flexibility index (Phi) is 10.1. The predicted molar refractivity (Wildman–Crippen MR) is 281 cm³/mol. The molecule has 1 heterocycles. The van der Waals surface area contributed by atoms with E-state index in [1.165, 1.54) is 111 Å². The van der Waals surface area contributed by atoms with Crippen LogP contribution in [0.2, 0.25) is 0 Å². The molecule has 0 fully saturated rings. The molecular weight excluding hydrogens is 795 g/mol. The number of benzene rings is 10. The Balaban J connectivity index is 1.12. The van der Waals surface area contributed by atoms with Gasteiger partial charge in [0.25, 0.3) is 0 Å². The van der Waals surface area contributed by atoms with Crippen LogP contribution in [-0.2, 0) is 0 Å². The van der Waals surface area contributed by atoms with Crippen molar-refractivity contribution in [2.45, 2.75) is 12.8 Å². The highest BCUT2D eigenvalue weighted by Gasteiger charge is 2.25. The standard InChI is InChI=1S/C65H45N/c1-5-21-44(22-6-1)58-43-59(64(46-25-9-3-10-26-46)65(47-27-11-4-12-28-47)63(58)45-23-7-2-8-24-45)49-30-20-32-51(42-49)62-56-36-15-13-34-54(56)61(55-35-14-16-37-57(55)62)50-31-19-29-48(41-50)52-39-40-66-60-38-18-17-33-53(52)60/h1,3-7,9-43H,2,8H2. The molecule has 310 valence electrons. The van der Waals surface area contributed by atoms with Gasteiger partial charge in [0, 0.05) is 11.6 Å². The van der Waals surface area contributed by atoms with Crippen LogP contribution >= 0.6 is 0 Å². The Hall–Kier alpha value is -8.39. The van der Waals surface area contributed by atoms with Gasteiger partial charge in [-0.15, -0.1) is 0 Å². The highest BCUT2D eigenvalue weighted by Crippen LogP contribution is 2.51. The van der Waals surface area contributed by atoms with Crippen molar-refractivity contribution in [2.24, 2.45) is 0 Å². The Morgan fingerprint density at radius 3 is 1.30 bits per heavy atom. The minimum Gasteiger partial charge on any atom is -0.256 e. The van der Waals surface area contributed by atoms with Gasteiger partial charge in [-0.2, -0.15) is 0 Å². The van der Waals surface area contributed by atoms with Crippen LogP contribution in [0.3, 0.4) is 0 Å². The van der Waals surface area contributed by atoms with Crippen molar-refractivity contribution in [3.8, 4) is 77.9 Å². The molecule has 1 heteroatoms. The van der Waals surface area contributed by atoms with Crippen LogP contribution in [0, 0.1) is 0 Å². The van der Waals surface area contributed by atoms with Crippen molar-refractivity contribution in [3.05, 3.63) is 254 Å². The molecule has 0 saturated heterocycles. The molecule has 0 amide bonds. The minimum absolute atomic E-state index is 1.00. The van der Waals surface area contributed by atoms with Crippen molar-refractivity contribution in [1.29, 1.82) is 0 Å². The molecule has 12 rings (SSSR count). The molecule has 11 aromatic rings. The highest BCUT2D eigenvalue weighted by atomic mass is 14.6. The maximum atomic E-state index is 4.67. The summed E-state index contributed by atoms with van der Waals surface area (Å²) in [7, 11) is 0. The number of nitrogens with zero attached hydrogens (tertiary/aromatic N) is 1. The zero-order valence-corrected chi connectivity index (χ0v) is 36.5. The average Bonchev–Trinajstić information content (AvgIpc) is 3.40. The number of aromatic nitrogens is 1. The summed E-state index contributed by atoms with van der Waals surface area (Å²) in [6.07, 6.45) is 11.1. The Morgan fingerprint density at radius 2 is 0.742 bits per heavy atom. The first-order chi connectivity index (χ1) is 32.8. The van der Waals surface area contributed by atoms with Gasteiger partial charge in [0.15, 0.2) is 0 Å². The fourth-order valence-electron chi connectivity index (χ4n) is 10.4. The topological polar surface area (TPSA) is 12.9 Å². The Morgan fingerprint density at radius 1 is 0.288 bits per heavy atom. The molecule has 0 N–H and O–H groups in total. The second-order valence-electron chi connectivity index (χ2n) is 17.2. The number of fused-ring (bicyclic) bond motifs is 3. The van der Waals surface area contributed by atoms with Gasteiger partial charge in [-0.25, -0.2) is 0 Å². The second-order valence-corrected chi connectivity index (χ2v) is 17.2. The summed E-state index contributed by atoms with van der Waals surface area (Å²) in [5, 5.41) is 6.07. The molecular formula is C65H45N. The number of hydrogen-bond donors (Lipinski definition) is 0. The van der Waals surface area contributed by atoms with Crippen molar-refractivity contribution in [2.75, 3.05) is 0 Å². The van der Waals surface area contributed by atoms with E-state index in [9.17, 15) is 0 Å². The summed E-state index contributed by atoms with van der Waals surface area (Å²) in [4.78, 5) is 4.67. The number of pyridine rings is 1. The zero-order chi connectivity index (χ0) is 43.8. The fourth-order valence-corrected chi connectivity index (χ4v) is 10.4. The third kappa shape index (κ3) is 6.94. The van der Waals surface area contributed by atoms with Crippen LogP contribution in [-0.4, -0.2) is 4.98 Å². The lowest BCUT2D eigenvalue weighted by Crippen LogP contribution is -2.01. The average molecular weight is 840 g/mol. The van der Waals surface area contributed by atoms with Gasteiger partial charge in [0.05, 0.1) is 5.52 Å². The van der Waals surface area contributed by atoms with Crippen molar-refractivity contribution in [1.82, 2.24) is 4.98 Å². The number of rotatable bonds is 8. The van der Waals surface area contributed by atoms with Crippen LogP contribution in [0.25, 0.3) is 116 Å². The molecule has 10 aromatic carbocycles. The quantitative estimate of drug-likeness (QED) is 0.139. The predicted octanol–water partition coefficient (Wildman–Crippen LogP) is 17.9. The van der Waals surface area contributed by atoms with Crippen molar-refractivity contribution in [3.63, 3.8) is 0 Å². The second kappa shape index (κ2) is 17.0. The van der Waals surface area contributed by atoms with Gasteiger partial charge in [0.1, 0.15) is 0 Å². The smallest absolute Gasteiger partial charge is 0.0708 e. The summed E-state index contributed by atoms with van der Waals surface area (Å²) in [5.41, 5.74) is 20.5. The van der Waals surface area contributed by atoms with Crippen molar-refractivity contribution < 1.29 is 0 Å². The van der Waals surface area contributed by atoms with Gasteiger partial charge in [-0.05, 0) is 154 Å². The van der Waals surface area contributed by atoms with Crippen LogP contribution in [0.5, 0.6) is 0 Å². The summed E-state index contributed by atoms with van der Waals surface area (Å²) in [6.45, 7) is 0. The summed E-state index contributed by atoms with van der Waals surface area (Å²) < 4.78 is 0. The van der Waals surface area contributed by atoms with Gasteiger partial charge in [-0.3, -0.25) is 4.98 Å². The van der Waals surface area contributed by atoms with Crippen molar-refractivity contribution >= 4 is 38.0 Å². The lowest BCUT2D eigenvalue weighted by atomic mass is 9.77. The van der Waals surface area contributed by atoms with E-state index < -0.39 is 0 Å². The van der Waals surface area contributed by atoms with Gasteiger partial charge in [0.2, 0.25) is 0 Å². The lowest BCUT2D eigenvalue weighted by molar-refractivity contribution is 1.04. The number of hydrogen-bond acceptors (Lipinski definition) is 1. The molecule has 0 saturated carbocycles. The van der Waals surface area contributed by atoms with E-state index in [2.05, 4.69) is 248 Å². The third-order valence-electron chi connectivity index (χ3n) is 13.3. The summed E-state index contributed by atoms with van der Waals surface area (Å²) in [5.74, 6) is 0. The van der Waals surface area contributed by atoms with Gasteiger partial charge < -0.3 is 0 Å². The van der Waals surface area contributed by atoms with E-state index in [1.807, 2.05) is 6.20 Å². The largest absolute Gasteiger partial charge is 0.256 e. The first kappa shape index (κ1) is 39.2. The van der Waals surface area contributed by atoms with E-state index >= 15 is 0 Å². The third-order valence-corrected chi connectivity index (χ3v) is 13.3. The maximum absolute atomic E-state index is 4.67. The van der Waals surface area contributed by atoms with E-state index in [0.29, 0.717) is 0 Å². The molecule has 1 aromatic heterocycles. The first-order valence-electron chi connectivity index (χ1n) is 23.0. The van der Waals surface area contributed by atoms with Crippen LogP contribution in [0.15, 0.2) is 249 Å². The SMILES string of the molecule is C1=CC(c2c(-c3ccccc3)cc(-c3cccc(-c4c5ccccc5c(-c5cccc(-c6ccnc7ccccc67)c5)c5ccccc45)c3)c(-c3ccccc3)c2-c2ccccc2)=CCC1. The molecule has 0 bridgehead atoms. The maximum Gasteiger partial charge on any atom is 0.0708 e. The van der Waals surface area contributed by atoms with Crippen LogP contribution < -0.4 is 0 Å². The normalized spacial score (nSPS) is 12.5. The molecule has 1 aliphatic carbocycles. The fraction of sp³-hybridized carbons (Fsp3) is 0.0308. The van der Waals surface area contributed by atoms with E-state index in [0.717, 1.165) is 23.7 Å². The first-order valence-corrected chi connectivity index (χ1v) is 23.0. The number of para-hydroxylation sites is 1. The van der Waals surface area contributed by atoms with Crippen LogP contribution in [0.1, 0.15) is 18.4 Å². The summed E-state index contributed by atoms with van der Waals surface area (Å²) in [6, 6.07) is 82.3. The minimum atomic E-state index is 1.00. The zero-order valence-electron chi connectivity index (χ0n) is 36.5. The molecule has 0 aliphatic heterocycles.